The van der Waals surface area contributed by atoms with Crippen molar-refractivity contribution in [1.82, 2.24) is 15.1 Å². The van der Waals surface area contributed by atoms with Gasteiger partial charge in [0.05, 0.1) is 6.54 Å². The molecule has 4 heteroatoms. The zero-order valence-corrected chi connectivity index (χ0v) is 12.5. The monoisotopic (exact) mass is 267 g/mol. The third-order valence-electron chi connectivity index (χ3n) is 4.35. The van der Waals surface area contributed by atoms with Crippen LogP contribution in [0.1, 0.15) is 46.0 Å². The second-order valence-corrected chi connectivity index (χ2v) is 5.89. The third-order valence-corrected chi connectivity index (χ3v) is 4.35. The number of hydrogen-bond acceptors (Lipinski definition) is 3. The molecule has 2 fully saturated rings. The van der Waals surface area contributed by atoms with Gasteiger partial charge >= 0.3 is 0 Å². The SMILES string of the molecule is CCN(CC(=O)N(CC)C1CC1)CC1CCCCN1. The van der Waals surface area contributed by atoms with Gasteiger partial charge in [0, 0.05) is 25.2 Å². The summed E-state index contributed by atoms with van der Waals surface area (Å²) in [6, 6.07) is 1.13. The maximum Gasteiger partial charge on any atom is 0.236 e. The van der Waals surface area contributed by atoms with E-state index < -0.39 is 0 Å². The third kappa shape index (κ3) is 4.46. The number of carbonyl (C=O) groups excluding carboxylic acids is 1. The maximum absolute atomic E-state index is 12.3. The van der Waals surface area contributed by atoms with Crippen LogP contribution in [0.4, 0.5) is 0 Å². The number of nitrogens with one attached hydrogen (secondary N) is 1. The minimum atomic E-state index is 0.322. The first-order chi connectivity index (χ1) is 9.24. The Morgan fingerprint density at radius 1 is 1.16 bits per heavy atom. The van der Waals surface area contributed by atoms with Gasteiger partial charge < -0.3 is 10.2 Å². The van der Waals surface area contributed by atoms with Gasteiger partial charge in [-0.2, -0.15) is 0 Å². The molecule has 1 heterocycles. The normalized spacial score (nSPS) is 23.6. The Labute approximate surface area is 117 Å². The lowest BCUT2D eigenvalue weighted by molar-refractivity contribution is -0.132. The van der Waals surface area contributed by atoms with Crippen molar-refractivity contribution in [3.63, 3.8) is 0 Å². The molecule has 1 aliphatic carbocycles. The van der Waals surface area contributed by atoms with Gasteiger partial charge in [0.2, 0.25) is 5.91 Å². The highest BCUT2D eigenvalue weighted by molar-refractivity contribution is 5.78. The summed E-state index contributed by atoms with van der Waals surface area (Å²) in [7, 11) is 0. The van der Waals surface area contributed by atoms with Gasteiger partial charge in [-0.25, -0.2) is 0 Å². The van der Waals surface area contributed by atoms with Crippen molar-refractivity contribution in [2.45, 2.75) is 58.0 Å². The molecular formula is C15H29N3O. The van der Waals surface area contributed by atoms with Gasteiger partial charge in [-0.05, 0) is 45.7 Å². The Morgan fingerprint density at radius 3 is 2.47 bits per heavy atom. The lowest BCUT2D eigenvalue weighted by atomic mass is 10.0. The van der Waals surface area contributed by atoms with Crippen molar-refractivity contribution in [2.75, 3.05) is 32.7 Å². The molecule has 1 unspecified atom stereocenters. The van der Waals surface area contributed by atoms with Crippen LogP contribution in [0.15, 0.2) is 0 Å². The minimum Gasteiger partial charge on any atom is -0.339 e. The summed E-state index contributed by atoms with van der Waals surface area (Å²) >= 11 is 0. The smallest absolute Gasteiger partial charge is 0.236 e. The summed E-state index contributed by atoms with van der Waals surface area (Å²) in [6.07, 6.45) is 6.29. The zero-order valence-electron chi connectivity index (χ0n) is 12.5. The molecule has 1 saturated carbocycles. The van der Waals surface area contributed by atoms with Crippen molar-refractivity contribution >= 4 is 5.91 Å². The Kier molecular flexibility index (Phi) is 5.64. The highest BCUT2D eigenvalue weighted by atomic mass is 16.2. The number of carbonyl (C=O) groups is 1. The summed E-state index contributed by atoms with van der Waals surface area (Å²) in [5.74, 6) is 0.322. The van der Waals surface area contributed by atoms with E-state index in [9.17, 15) is 4.79 Å². The number of hydrogen-bond donors (Lipinski definition) is 1. The molecule has 0 aromatic rings. The van der Waals surface area contributed by atoms with Crippen LogP contribution in [0.2, 0.25) is 0 Å². The van der Waals surface area contributed by atoms with Crippen LogP contribution < -0.4 is 5.32 Å². The summed E-state index contributed by atoms with van der Waals surface area (Å²) in [5, 5.41) is 3.57. The average molecular weight is 267 g/mol. The van der Waals surface area contributed by atoms with Gasteiger partial charge in [-0.15, -0.1) is 0 Å². The first kappa shape index (κ1) is 14.8. The fourth-order valence-corrected chi connectivity index (χ4v) is 3.00. The minimum absolute atomic E-state index is 0.322. The Morgan fingerprint density at radius 2 is 1.95 bits per heavy atom. The van der Waals surface area contributed by atoms with E-state index in [1.807, 2.05) is 0 Å². The van der Waals surface area contributed by atoms with E-state index in [4.69, 9.17) is 0 Å². The van der Waals surface area contributed by atoms with E-state index in [0.717, 1.165) is 26.2 Å². The van der Waals surface area contributed by atoms with Crippen LogP contribution in [-0.2, 0) is 4.79 Å². The molecular weight excluding hydrogens is 238 g/mol. The highest BCUT2D eigenvalue weighted by Crippen LogP contribution is 2.26. The maximum atomic E-state index is 12.3. The van der Waals surface area contributed by atoms with E-state index in [0.29, 0.717) is 24.5 Å². The second-order valence-electron chi connectivity index (χ2n) is 5.89. The molecule has 1 aliphatic heterocycles. The first-order valence-corrected chi connectivity index (χ1v) is 7.99. The van der Waals surface area contributed by atoms with Gasteiger partial charge in [-0.3, -0.25) is 9.69 Å². The predicted molar refractivity (Wildman–Crippen MR) is 78.2 cm³/mol. The molecule has 0 bridgehead atoms. The summed E-state index contributed by atoms with van der Waals surface area (Å²) < 4.78 is 0. The molecule has 19 heavy (non-hydrogen) atoms. The van der Waals surface area contributed by atoms with Crippen molar-refractivity contribution in [3.8, 4) is 0 Å². The Balaban J connectivity index is 1.78. The molecule has 2 rings (SSSR count). The van der Waals surface area contributed by atoms with Crippen LogP contribution >= 0.6 is 0 Å². The molecule has 0 spiro atoms. The van der Waals surface area contributed by atoms with Crippen molar-refractivity contribution in [2.24, 2.45) is 0 Å². The standard InChI is InChI=1S/C15H29N3O/c1-3-17(11-13-7-5-6-10-16-13)12-15(19)18(4-2)14-8-9-14/h13-14,16H,3-12H2,1-2H3. The fourth-order valence-electron chi connectivity index (χ4n) is 3.00. The van der Waals surface area contributed by atoms with Gasteiger partial charge in [0.25, 0.3) is 0 Å². The molecule has 0 aromatic carbocycles. The van der Waals surface area contributed by atoms with E-state index >= 15 is 0 Å². The molecule has 2 aliphatic rings. The largest absolute Gasteiger partial charge is 0.339 e. The van der Waals surface area contributed by atoms with Crippen molar-refractivity contribution in [1.29, 1.82) is 0 Å². The molecule has 1 atom stereocenters. The van der Waals surface area contributed by atoms with Gasteiger partial charge in [0.1, 0.15) is 0 Å². The topological polar surface area (TPSA) is 35.6 Å². The summed E-state index contributed by atoms with van der Waals surface area (Å²) in [6.45, 7) is 8.83. The van der Waals surface area contributed by atoms with E-state index in [1.54, 1.807) is 0 Å². The Bertz CT molecular complexity index is 285. The fraction of sp³-hybridized carbons (Fsp3) is 0.933. The summed E-state index contributed by atoms with van der Waals surface area (Å²) in [5.41, 5.74) is 0. The van der Waals surface area contributed by atoms with Crippen molar-refractivity contribution in [3.05, 3.63) is 0 Å². The summed E-state index contributed by atoms with van der Waals surface area (Å²) in [4.78, 5) is 16.7. The van der Waals surface area contributed by atoms with E-state index in [1.165, 1.54) is 32.1 Å². The molecule has 4 nitrogen and oxygen atoms in total. The van der Waals surface area contributed by atoms with Gasteiger partial charge in [-0.1, -0.05) is 13.3 Å². The highest BCUT2D eigenvalue weighted by Gasteiger charge is 2.31. The van der Waals surface area contributed by atoms with E-state index in [-0.39, 0.29) is 0 Å². The first-order valence-electron chi connectivity index (χ1n) is 7.99. The molecule has 0 radical (unpaired) electrons. The second kappa shape index (κ2) is 7.25. The molecule has 1 saturated heterocycles. The predicted octanol–water partition coefficient (Wildman–Crippen LogP) is 1.46. The zero-order chi connectivity index (χ0) is 13.7. The van der Waals surface area contributed by atoms with Crippen LogP contribution in [0.3, 0.4) is 0 Å². The van der Waals surface area contributed by atoms with Crippen LogP contribution in [0.5, 0.6) is 0 Å². The Hall–Kier alpha value is -0.610. The lowest BCUT2D eigenvalue weighted by Crippen LogP contribution is -2.47. The van der Waals surface area contributed by atoms with Crippen LogP contribution in [0, 0.1) is 0 Å². The number of piperidine rings is 1. The van der Waals surface area contributed by atoms with Crippen LogP contribution in [-0.4, -0.2) is 60.5 Å². The molecule has 1 amide bonds. The average Bonchev–Trinajstić information content (AvgIpc) is 3.24. The number of nitrogens with zero attached hydrogens (tertiary/aromatic N) is 2. The molecule has 110 valence electrons. The number of likely N-dealkylation sites (N-methyl/N-ethyl adjacent to an activating group) is 2. The van der Waals surface area contributed by atoms with E-state index in [2.05, 4.69) is 29.0 Å². The molecule has 0 aromatic heterocycles. The lowest BCUT2D eigenvalue weighted by Gasteiger charge is -2.31. The van der Waals surface area contributed by atoms with Gasteiger partial charge in [0.15, 0.2) is 0 Å². The number of amides is 1. The van der Waals surface area contributed by atoms with Crippen LogP contribution in [0.25, 0.3) is 0 Å². The molecule has 1 N–H and O–H groups in total. The number of rotatable bonds is 7. The quantitative estimate of drug-likeness (QED) is 0.758. The van der Waals surface area contributed by atoms with Crippen molar-refractivity contribution < 1.29 is 4.79 Å².